The van der Waals surface area contributed by atoms with Gasteiger partial charge in [0.1, 0.15) is 0 Å². The van der Waals surface area contributed by atoms with E-state index in [1.165, 1.54) is 0 Å². The molecule has 0 amide bonds. The molecule has 0 fully saturated rings. The minimum absolute atomic E-state index is 0.0128. The summed E-state index contributed by atoms with van der Waals surface area (Å²) in [5, 5.41) is 8.68. The van der Waals surface area contributed by atoms with Gasteiger partial charge in [0.15, 0.2) is 0 Å². The van der Waals surface area contributed by atoms with Crippen LogP contribution < -0.4 is 0 Å². The fourth-order valence-electron chi connectivity index (χ4n) is 1.23. The Kier molecular flexibility index (Phi) is 7.74. The molecule has 0 aromatic rings. The predicted octanol–water partition coefficient (Wildman–Crippen LogP) is 1.90. The number of hydrogen-bond donors (Lipinski definition) is 1. The van der Waals surface area contributed by atoms with Gasteiger partial charge in [-0.25, -0.2) is 0 Å². The number of aliphatic hydroxyl groups excluding tert-OH is 1. The Morgan fingerprint density at radius 3 is 2.18 bits per heavy atom. The zero-order valence-corrected chi connectivity index (χ0v) is 10.6. The van der Waals surface area contributed by atoms with Gasteiger partial charge in [-0.05, 0) is 12.8 Å². The number of alkyl halides is 3. The molecule has 0 aliphatic heterocycles. The molecule has 0 aromatic carbocycles. The van der Waals surface area contributed by atoms with Crippen molar-refractivity contribution < 1.29 is 23.0 Å². The monoisotopic (exact) mass is 257 g/mol. The van der Waals surface area contributed by atoms with Gasteiger partial charge in [-0.1, -0.05) is 13.8 Å². The van der Waals surface area contributed by atoms with E-state index in [0.717, 1.165) is 4.90 Å². The molecular weight excluding hydrogens is 235 g/mol. The molecule has 0 spiro atoms. The molecule has 0 aromatic heterocycles. The number of aliphatic hydroxyl groups is 1. The van der Waals surface area contributed by atoms with Gasteiger partial charge in [0.25, 0.3) is 0 Å². The van der Waals surface area contributed by atoms with Crippen molar-refractivity contribution in [3.63, 3.8) is 0 Å². The third-order valence-corrected chi connectivity index (χ3v) is 2.55. The summed E-state index contributed by atoms with van der Waals surface area (Å²) >= 11 is 0. The largest absolute Gasteiger partial charge is 0.401 e. The van der Waals surface area contributed by atoms with Crippen LogP contribution >= 0.6 is 0 Å². The summed E-state index contributed by atoms with van der Waals surface area (Å²) in [5.41, 5.74) is 0. The van der Waals surface area contributed by atoms with Gasteiger partial charge < -0.3 is 9.84 Å². The van der Waals surface area contributed by atoms with Crippen LogP contribution in [0.5, 0.6) is 0 Å². The summed E-state index contributed by atoms with van der Waals surface area (Å²) in [6.45, 7) is 5.02. The minimum atomic E-state index is -4.24. The smallest absolute Gasteiger partial charge is 0.395 e. The quantitative estimate of drug-likeness (QED) is 0.721. The third kappa shape index (κ3) is 9.38. The van der Waals surface area contributed by atoms with Crippen LogP contribution in [0, 0.1) is 5.92 Å². The lowest BCUT2D eigenvalue weighted by atomic mass is 10.1. The van der Waals surface area contributed by atoms with E-state index in [-0.39, 0.29) is 32.4 Å². The molecule has 1 atom stereocenters. The minimum Gasteiger partial charge on any atom is -0.395 e. The highest BCUT2D eigenvalue weighted by Crippen LogP contribution is 2.16. The first kappa shape index (κ1) is 16.7. The fraction of sp³-hybridized carbons (Fsp3) is 1.00. The average molecular weight is 257 g/mol. The van der Waals surface area contributed by atoms with E-state index in [1.54, 1.807) is 0 Å². The van der Waals surface area contributed by atoms with Crippen molar-refractivity contribution in [3.05, 3.63) is 0 Å². The van der Waals surface area contributed by atoms with Crippen LogP contribution in [0.2, 0.25) is 0 Å². The van der Waals surface area contributed by atoms with Gasteiger partial charge >= 0.3 is 6.18 Å². The molecule has 0 saturated carbocycles. The standard InChI is InChI=1S/C11H22F3NO2/c1-9(2)10(3)17-7-5-15(4-6-16)8-11(12,13)14/h9-10,16H,4-8H2,1-3H3. The van der Waals surface area contributed by atoms with Gasteiger partial charge in [-0.2, -0.15) is 13.2 Å². The molecule has 0 rings (SSSR count). The van der Waals surface area contributed by atoms with Crippen LogP contribution in [0.15, 0.2) is 0 Å². The first-order valence-corrected chi connectivity index (χ1v) is 5.78. The van der Waals surface area contributed by atoms with Crippen LogP contribution in [-0.2, 0) is 4.74 Å². The summed E-state index contributed by atoms with van der Waals surface area (Å²) in [6.07, 6.45) is -4.21. The second-order valence-electron chi connectivity index (χ2n) is 4.43. The van der Waals surface area contributed by atoms with Crippen molar-refractivity contribution in [2.45, 2.75) is 33.1 Å². The summed E-state index contributed by atoms with van der Waals surface area (Å²) in [5.74, 6) is 0.337. The number of nitrogens with zero attached hydrogens (tertiary/aromatic N) is 1. The second kappa shape index (κ2) is 7.89. The molecule has 3 nitrogen and oxygen atoms in total. The Morgan fingerprint density at radius 1 is 1.18 bits per heavy atom. The first-order chi connectivity index (χ1) is 7.76. The lowest BCUT2D eigenvalue weighted by molar-refractivity contribution is -0.148. The van der Waals surface area contributed by atoms with Gasteiger partial charge in [0.05, 0.1) is 25.9 Å². The number of rotatable bonds is 8. The maximum atomic E-state index is 12.2. The van der Waals surface area contributed by atoms with Gasteiger partial charge in [-0.15, -0.1) is 0 Å². The summed E-state index contributed by atoms with van der Waals surface area (Å²) in [4.78, 5) is 1.15. The summed E-state index contributed by atoms with van der Waals surface area (Å²) in [6, 6.07) is 0. The maximum Gasteiger partial charge on any atom is 0.401 e. The van der Waals surface area contributed by atoms with Crippen molar-refractivity contribution in [1.29, 1.82) is 0 Å². The topological polar surface area (TPSA) is 32.7 Å². The lowest BCUT2D eigenvalue weighted by Gasteiger charge is -2.24. The van der Waals surface area contributed by atoms with Crippen molar-refractivity contribution in [2.75, 3.05) is 32.8 Å². The second-order valence-corrected chi connectivity index (χ2v) is 4.43. The number of halogens is 3. The molecule has 0 aliphatic rings. The van der Waals surface area contributed by atoms with Crippen molar-refractivity contribution in [2.24, 2.45) is 5.92 Å². The van der Waals surface area contributed by atoms with Gasteiger partial charge in [0.2, 0.25) is 0 Å². The van der Waals surface area contributed by atoms with Crippen molar-refractivity contribution in [3.8, 4) is 0 Å². The van der Waals surface area contributed by atoms with Crippen LogP contribution in [0.4, 0.5) is 13.2 Å². The zero-order chi connectivity index (χ0) is 13.5. The Hall–Kier alpha value is -0.330. The normalized spacial score (nSPS) is 14.6. The Labute approximate surface area is 101 Å². The molecule has 0 aliphatic carbocycles. The molecule has 0 saturated heterocycles. The third-order valence-electron chi connectivity index (χ3n) is 2.55. The van der Waals surface area contributed by atoms with E-state index in [0.29, 0.717) is 5.92 Å². The zero-order valence-electron chi connectivity index (χ0n) is 10.6. The van der Waals surface area contributed by atoms with E-state index in [2.05, 4.69) is 0 Å². The highest BCUT2D eigenvalue weighted by molar-refractivity contribution is 4.63. The van der Waals surface area contributed by atoms with Gasteiger partial charge in [-0.3, -0.25) is 4.90 Å². The molecule has 1 N–H and O–H groups in total. The fourth-order valence-corrected chi connectivity index (χ4v) is 1.23. The van der Waals surface area contributed by atoms with Crippen molar-refractivity contribution in [1.82, 2.24) is 4.90 Å². The molecule has 0 bridgehead atoms. The van der Waals surface area contributed by atoms with E-state index < -0.39 is 12.7 Å². The van der Waals surface area contributed by atoms with E-state index >= 15 is 0 Å². The van der Waals surface area contributed by atoms with E-state index in [9.17, 15) is 13.2 Å². The van der Waals surface area contributed by atoms with E-state index in [1.807, 2.05) is 20.8 Å². The molecule has 0 radical (unpaired) electrons. The molecule has 104 valence electrons. The SMILES string of the molecule is CC(C)C(C)OCCN(CCO)CC(F)(F)F. The first-order valence-electron chi connectivity index (χ1n) is 5.78. The summed E-state index contributed by atoms with van der Waals surface area (Å²) < 4.78 is 41.9. The average Bonchev–Trinajstić information content (AvgIpc) is 2.15. The molecule has 0 heterocycles. The van der Waals surface area contributed by atoms with Crippen molar-refractivity contribution >= 4 is 0 Å². The highest BCUT2D eigenvalue weighted by Gasteiger charge is 2.30. The van der Waals surface area contributed by atoms with E-state index in [4.69, 9.17) is 9.84 Å². The summed E-state index contributed by atoms with van der Waals surface area (Å²) in [7, 11) is 0. The highest BCUT2D eigenvalue weighted by atomic mass is 19.4. The Morgan fingerprint density at radius 2 is 1.76 bits per heavy atom. The molecule has 6 heteroatoms. The Balaban J connectivity index is 3.93. The van der Waals surface area contributed by atoms with Crippen LogP contribution in [-0.4, -0.2) is 55.1 Å². The lowest BCUT2D eigenvalue weighted by Crippen LogP contribution is -2.38. The number of hydrogen-bond acceptors (Lipinski definition) is 3. The van der Waals surface area contributed by atoms with Crippen LogP contribution in [0.3, 0.4) is 0 Å². The molecule has 17 heavy (non-hydrogen) atoms. The predicted molar refractivity (Wildman–Crippen MR) is 59.8 cm³/mol. The molecule has 1 unspecified atom stereocenters. The van der Waals surface area contributed by atoms with Crippen LogP contribution in [0.1, 0.15) is 20.8 Å². The van der Waals surface area contributed by atoms with Crippen LogP contribution in [0.25, 0.3) is 0 Å². The van der Waals surface area contributed by atoms with Gasteiger partial charge in [0, 0.05) is 13.1 Å². The Bertz CT molecular complexity index is 198. The maximum absolute atomic E-state index is 12.2. The number of ether oxygens (including phenoxy) is 1. The molecular formula is C11H22F3NO2.